The first kappa shape index (κ1) is 13.5. The summed E-state index contributed by atoms with van der Waals surface area (Å²) in [7, 11) is 0. The maximum atomic E-state index is 13.5. The Labute approximate surface area is 120 Å². The van der Waals surface area contributed by atoms with Crippen molar-refractivity contribution in [3.63, 3.8) is 0 Å². The molecule has 0 saturated heterocycles. The molecule has 2 aromatic rings. The Morgan fingerprint density at radius 3 is 2.81 bits per heavy atom. The van der Waals surface area contributed by atoms with Crippen molar-refractivity contribution < 1.29 is 13.6 Å². The summed E-state index contributed by atoms with van der Waals surface area (Å²) < 4.78 is 28.8. The quantitative estimate of drug-likeness (QED) is 0.892. The number of fused-ring (bicyclic) bond motifs is 1. The summed E-state index contributed by atoms with van der Waals surface area (Å²) >= 11 is 0. The third-order valence-corrected chi connectivity index (χ3v) is 3.49. The van der Waals surface area contributed by atoms with Crippen molar-refractivity contribution in [3.05, 3.63) is 47.8 Å². The largest absolute Gasteiger partial charge is 0.335 e. The second-order valence-electron chi connectivity index (χ2n) is 4.93. The number of benzene rings is 1. The number of halogens is 2. The van der Waals surface area contributed by atoms with Crippen molar-refractivity contribution in [1.82, 2.24) is 15.1 Å². The molecule has 110 valence electrons. The van der Waals surface area contributed by atoms with Gasteiger partial charge in [0.05, 0.1) is 0 Å². The Balaban J connectivity index is 1.63. The first-order valence-corrected chi connectivity index (χ1v) is 6.65. The van der Waals surface area contributed by atoms with Crippen molar-refractivity contribution in [2.24, 2.45) is 0 Å². The summed E-state index contributed by atoms with van der Waals surface area (Å²) in [6.07, 6.45) is 3.08. The van der Waals surface area contributed by atoms with Crippen LogP contribution in [0.2, 0.25) is 0 Å². The van der Waals surface area contributed by atoms with E-state index in [1.807, 2.05) is 10.7 Å². The average Bonchev–Trinajstić information content (AvgIpc) is 2.90. The van der Waals surface area contributed by atoms with Gasteiger partial charge in [-0.1, -0.05) is 6.07 Å². The van der Waals surface area contributed by atoms with E-state index in [0.717, 1.165) is 24.2 Å². The number of amides is 2. The van der Waals surface area contributed by atoms with Crippen LogP contribution in [0.5, 0.6) is 0 Å². The number of nitrogens with one attached hydrogen (secondary N) is 2. The minimum Gasteiger partial charge on any atom is -0.335 e. The van der Waals surface area contributed by atoms with Crippen molar-refractivity contribution in [1.29, 1.82) is 0 Å². The van der Waals surface area contributed by atoms with E-state index in [4.69, 9.17) is 0 Å². The number of aromatic nitrogens is 2. The zero-order valence-corrected chi connectivity index (χ0v) is 11.1. The molecule has 2 heterocycles. The Hall–Kier alpha value is -2.44. The van der Waals surface area contributed by atoms with E-state index in [9.17, 15) is 13.6 Å². The van der Waals surface area contributed by atoms with Crippen LogP contribution in [0, 0.1) is 11.6 Å². The van der Waals surface area contributed by atoms with E-state index in [1.165, 1.54) is 6.07 Å². The zero-order valence-electron chi connectivity index (χ0n) is 11.1. The molecule has 1 aromatic carbocycles. The van der Waals surface area contributed by atoms with Gasteiger partial charge in [-0.25, -0.2) is 13.6 Å². The SMILES string of the molecule is O=C(Nc1c(F)cccc1F)N[C@H]1CCn2nccc2C1. The van der Waals surface area contributed by atoms with E-state index in [1.54, 1.807) is 6.20 Å². The Kier molecular flexibility index (Phi) is 3.55. The molecule has 7 heteroatoms. The van der Waals surface area contributed by atoms with Crippen LogP contribution in [0.1, 0.15) is 12.1 Å². The molecule has 0 unspecified atom stereocenters. The van der Waals surface area contributed by atoms with Gasteiger partial charge in [0.15, 0.2) is 0 Å². The summed E-state index contributed by atoms with van der Waals surface area (Å²) in [5.74, 6) is -1.60. The number of carbonyl (C=O) groups is 1. The molecule has 1 aromatic heterocycles. The third-order valence-electron chi connectivity index (χ3n) is 3.49. The average molecular weight is 292 g/mol. The van der Waals surface area contributed by atoms with Crippen LogP contribution in [0.4, 0.5) is 19.3 Å². The first-order valence-electron chi connectivity index (χ1n) is 6.65. The van der Waals surface area contributed by atoms with E-state index in [0.29, 0.717) is 13.0 Å². The summed E-state index contributed by atoms with van der Waals surface area (Å²) in [4.78, 5) is 11.9. The number of nitrogens with zero attached hydrogens (tertiary/aromatic N) is 2. The summed E-state index contributed by atoms with van der Waals surface area (Å²) in [6, 6.07) is 4.63. The predicted octanol–water partition coefficient (Wildman–Crippen LogP) is 2.30. The molecule has 21 heavy (non-hydrogen) atoms. The minimum atomic E-state index is -0.799. The number of hydrogen-bond donors (Lipinski definition) is 2. The normalized spacial score (nSPS) is 17.1. The third kappa shape index (κ3) is 2.86. The predicted molar refractivity (Wildman–Crippen MR) is 72.8 cm³/mol. The monoisotopic (exact) mass is 292 g/mol. The minimum absolute atomic E-state index is 0.0796. The van der Waals surface area contributed by atoms with Gasteiger partial charge in [-0.3, -0.25) is 4.68 Å². The van der Waals surface area contributed by atoms with E-state index in [-0.39, 0.29) is 6.04 Å². The number of hydrogen-bond acceptors (Lipinski definition) is 2. The molecule has 5 nitrogen and oxygen atoms in total. The highest BCUT2D eigenvalue weighted by Gasteiger charge is 2.21. The lowest BCUT2D eigenvalue weighted by atomic mass is 10.0. The van der Waals surface area contributed by atoms with Gasteiger partial charge in [-0.2, -0.15) is 5.10 Å². The Morgan fingerprint density at radius 1 is 1.29 bits per heavy atom. The van der Waals surface area contributed by atoms with Crippen LogP contribution in [-0.2, 0) is 13.0 Å². The molecule has 0 aliphatic carbocycles. The number of urea groups is 1. The molecular weight excluding hydrogens is 278 g/mol. The van der Waals surface area contributed by atoms with Crippen LogP contribution < -0.4 is 10.6 Å². The van der Waals surface area contributed by atoms with Crippen molar-refractivity contribution in [3.8, 4) is 0 Å². The Morgan fingerprint density at radius 2 is 2.05 bits per heavy atom. The number of carbonyl (C=O) groups excluding carboxylic acids is 1. The van der Waals surface area contributed by atoms with Crippen LogP contribution in [-0.4, -0.2) is 21.9 Å². The maximum Gasteiger partial charge on any atom is 0.319 e. The van der Waals surface area contributed by atoms with Crippen LogP contribution in [0.25, 0.3) is 0 Å². The maximum absolute atomic E-state index is 13.5. The number of anilines is 1. The molecule has 1 atom stereocenters. The zero-order chi connectivity index (χ0) is 14.8. The summed E-state index contributed by atoms with van der Waals surface area (Å²) in [6.45, 7) is 0.710. The molecule has 0 fully saturated rings. The highest BCUT2D eigenvalue weighted by molar-refractivity contribution is 5.89. The van der Waals surface area contributed by atoms with Gasteiger partial charge < -0.3 is 10.6 Å². The molecule has 0 spiro atoms. The van der Waals surface area contributed by atoms with Gasteiger partial charge >= 0.3 is 6.03 Å². The van der Waals surface area contributed by atoms with Gasteiger partial charge in [0.1, 0.15) is 17.3 Å². The van der Waals surface area contributed by atoms with E-state index >= 15 is 0 Å². The molecule has 0 saturated carbocycles. The molecular formula is C14H14F2N4O. The fraction of sp³-hybridized carbons (Fsp3) is 0.286. The van der Waals surface area contributed by atoms with Gasteiger partial charge in [0.25, 0.3) is 0 Å². The molecule has 2 amide bonds. The van der Waals surface area contributed by atoms with Gasteiger partial charge in [-0.05, 0) is 24.6 Å². The van der Waals surface area contributed by atoms with Crippen molar-refractivity contribution in [2.75, 3.05) is 5.32 Å². The lowest BCUT2D eigenvalue weighted by Crippen LogP contribution is -2.42. The van der Waals surface area contributed by atoms with Crippen molar-refractivity contribution in [2.45, 2.75) is 25.4 Å². The van der Waals surface area contributed by atoms with Crippen LogP contribution in [0.15, 0.2) is 30.5 Å². The summed E-state index contributed by atoms with van der Waals surface area (Å²) in [5, 5.41) is 9.10. The molecule has 2 N–H and O–H groups in total. The first-order chi connectivity index (χ1) is 10.1. The topological polar surface area (TPSA) is 59.0 Å². The molecule has 1 aliphatic heterocycles. The number of aryl methyl sites for hydroxylation is 1. The van der Waals surface area contributed by atoms with E-state index < -0.39 is 23.4 Å². The Bertz CT molecular complexity index is 650. The lowest BCUT2D eigenvalue weighted by Gasteiger charge is -2.24. The van der Waals surface area contributed by atoms with Gasteiger partial charge in [0, 0.05) is 30.9 Å². The second kappa shape index (κ2) is 5.51. The lowest BCUT2D eigenvalue weighted by molar-refractivity contribution is 0.245. The number of rotatable bonds is 2. The summed E-state index contributed by atoms with van der Waals surface area (Å²) in [5.41, 5.74) is 0.597. The highest BCUT2D eigenvalue weighted by Crippen LogP contribution is 2.18. The molecule has 1 aliphatic rings. The molecule has 0 bridgehead atoms. The smallest absolute Gasteiger partial charge is 0.319 e. The van der Waals surface area contributed by atoms with Crippen LogP contribution >= 0.6 is 0 Å². The standard InChI is InChI=1S/C14H14F2N4O/c15-11-2-1-3-12(16)13(11)19-14(21)18-9-5-7-20-10(8-9)4-6-17-20/h1-4,6,9H,5,7-8H2,(H2,18,19,21)/t9-/m0/s1. The van der Waals surface area contributed by atoms with E-state index in [2.05, 4.69) is 15.7 Å². The fourth-order valence-electron chi connectivity index (χ4n) is 2.44. The second-order valence-corrected chi connectivity index (χ2v) is 4.93. The van der Waals surface area contributed by atoms with Gasteiger partial charge in [0.2, 0.25) is 0 Å². The van der Waals surface area contributed by atoms with Crippen molar-refractivity contribution >= 4 is 11.7 Å². The fourth-order valence-corrected chi connectivity index (χ4v) is 2.44. The molecule has 0 radical (unpaired) electrons. The van der Waals surface area contributed by atoms with Gasteiger partial charge in [-0.15, -0.1) is 0 Å². The molecule has 3 rings (SSSR count). The highest BCUT2D eigenvalue weighted by atomic mass is 19.1. The number of para-hydroxylation sites is 1. The van der Waals surface area contributed by atoms with Crippen LogP contribution in [0.3, 0.4) is 0 Å².